The van der Waals surface area contributed by atoms with E-state index in [-0.39, 0.29) is 6.42 Å². The Morgan fingerprint density at radius 3 is 2.43 bits per heavy atom. The molecule has 0 aliphatic rings. The first-order valence-corrected chi connectivity index (χ1v) is 7.55. The molecule has 6 nitrogen and oxygen atoms in total. The monoisotopic (exact) mass is 342 g/mol. The predicted molar refractivity (Wildman–Crippen MR) is 90.3 cm³/mol. The third-order valence-electron chi connectivity index (χ3n) is 2.94. The summed E-state index contributed by atoms with van der Waals surface area (Å²) in [6.07, 6.45) is -0.666. The van der Waals surface area contributed by atoms with E-state index in [0.29, 0.717) is 5.02 Å². The highest BCUT2D eigenvalue weighted by molar-refractivity contribution is 6.30. The number of carbonyl (C=O) groups excluding carboxylic acids is 1. The topological polar surface area (TPSA) is 78.9 Å². The first kappa shape index (κ1) is 19.1. The number of carboxylic acid groups (broad SMARTS) is 1. The minimum absolute atomic E-state index is 0.0999. The van der Waals surface area contributed by atoms with E-state index in [4.69, 9.17) is 16.3 Å². The fourth-order valence-electron chi connectivity index (χ4n) is 2.02. The molecule has 2 N–H and O–H groups in total. The summed E-state index contributed by atoms with van der Waals surface area (Å²) < 4.78 is 5.11. The van der Waals surface area contributed by atoms with Crippen LogP contribution in [-0.2, 0) is 16.0 Å². The smallest absolute Gasteiger partial charge is 0.408 e. The standard InChI is InChI=1S/C16H23ClN2O4/c1-16(2,3)23-15(22)18-12(14(20)21)9-10-8-11(17)6-7-13(10)19(4)5/h6-8,12H,9H2,1-5H3,(H,18,22)(H,20,21)/t12-/m0/s1. The molecule has 128 valence electrons. The Bertz CT molecular complexity index is 582. The molecule has 0 spiro atoms. The summed E-state index contributed by atoms with van der Waals surface area (Å²) in [5.74, 6) is -1.14. The van der Waals surface area contributed by atoms with Crippen LogP contribution in [0.15, 0.2) is 18.2 Å². The summed E-state index contributed by atoms with van der Waals surface area (Å²) >= 11 is 6.00. The zero-order valence-electron chi connectivity index (χ0n) is 14.0. The lowest BCUT2D eigenvalue weighted by Crippen LogP contribution is -2.44. The third-order valence-corrected chi connectivity index (χ3v) is 3.17. The maximum Gasteiger partial charge on any atom is 0.408 e. The molecule has 0 saturated heterocycles. The normalized spacial score (nSPS) is 12.4. The van der Waals surface area contributed by atoms with Gasteiger partial charge in [0.05, 0.1) is 0 Å². The van der Waals surface area contributed by atoms with E-state index in [0.717, 1.165) is 11.3 Å². The van der Waals surface area contributed by atoms with Crippen molar-refractivity contribution < 1.29 is 19.4 Å². The van der Waals surface area contributed by atoms with E-state index >= 15 is 0 Å². The van der Waals surface area contributed by atoms with Gasteiger partial charge in [0, 0.05) is 31.2 Å². The maximum atomic E-state index is 11.8. The van der Waals surface area contributed by atoms with E-state index in [1.165, 1.54) is 0 Å². The molecule has 0 radical (unpaired) electrons. The molecule has 0 fully saturated rings. The van der Waals surface area contributed by atoms with Crippen LogP contribution in [-0.4, -0.2) is 42.9 Å². The number of hydrogen-bond donors (Lipinski definition) is 2. The summed E-state index contributed by atoms with van der Waals surface area (Å²) in [5, 5.41) is 12.3. The Kier molecular flexibility index (Phi) is 6.27. The lowest BCUT2D eigenvalue weighted by molar-refractivity contribution is -0.139. The summed E-state index contributed by atoms with van der Waals surface area (Å²) in [6, 6.07) is 4.13. The molecule has 23 heavy (non-hydrogen) atoms. The Balaban J connectivity index is 2.95. The quantitative estimate of drug-likeness (QED) is 0.860. The second-order valence-electron chi connectivity index (χ2n) is 6.41. The minimum Gasteiger partial charge on any atom is -0.480 e. The summed E-state index contributed by atoms with van der Waals surface area (Å²) in [7, 11) is 3.70. The average molecular weight is 343 g/mol. The molecule has 1 aromatic carbocycles. The van der Waals surface area contributed by atoms with Crippen LogP contribution in [0.4, 0.5) is 10.5 Å². The van der Waals surface area contributed by atoms with Gasteiger partial charge in [-0.25, -0.2) is 9.59 Å². The first-order valence-electron chi connectivity index (χ1n) is 7.17. The van der Waals surface area contributed by atoms with Crippen LogP contribution in [0.3, 0.4) is 0 Å². The largest absolute Gasteiger partial charge is 0.480 e. The second-order valence-corrected chi connectivity index (χ2v) is 6.85. The number of amides is 1. The Labute approximate surface area is 141 Å². The van der Waals surface area contributed by atoms with Gasteiger partial charge in [-0.15, -0.1) is 0 Å². The van der Waals surface area contributed by atoms with E-state index in [1.54, 1.807) is 32.9 Å². The zero-order valence-corrected chi connectivity index (χ0v) is 14.8. The van der Waals surface area contributed by atoms with Crippen molar-refractivity contribution in [3.63, 3.8) is 0 Å². The number of nitrogens with one attached hydrogen (secondary N) is 1. The number of ether oxygens (including phenoxy) is 1. The molecular formula is C16H23ClN2O4. The van der Waals surface area contributed by atoms with E-state index in [1.807, 2.05) is 25.1 Å². The molecule has 0 heterocycles. The van der Waals surface area contributed by atoms with Gasteiger partial charge >= 0.3 is 12.1 Å². The van der Waals surface area contributed by atoms with Crippen LogP contribution in [0.1, 0.15) is 26.3 Å². The highest BCUT2D eigenvalue weighted by Crippen LogP contribution is 2.24. The molecule has 1 atom stereocenters. The molecular weight excluding hydrogens is 320 g/mol. The third kappa shape index (κ3) is 6.36. The van der Waals surface area contributed by atoms with Crippen molar-refractivity contribution in [2.75, 3.05) is 19.0 Å². The molecule has 1 amide bonds. The first-order chi connectivity index (χ1) is 10.5. The number of carboxylic acids is 1. The van der Waals surface area contributed by atoms with E-state index in [2.05, 4.69) is 5.32 Å². The SMILES string of the molecule is CN(C)c1ccc(Cl)cc1C[C@H](NC(=O)OC(C)(C)C)C(=O)O. The fourth-order valence-corrected chi connectivity index (χ4v) is 2.22. The maximum absolute atomic E-state index is 11.8. The van der Waals surface area contributed by atoms with Gasteiger partial charge in [0.2, 0.25) is 0 Å². The van der Waals surface area contributed by atoms with Crippen LogP contribution in [0.25, 0.3) is 0 Å². The van der Waals surface area contributed by atoms with Gasteiger partial charge in [-0.2, -0.15) is 0 Å². The van der Waals surface area contributed by atoms with E-state index in [9.17, 15) is 14.7 Å². The van der Waals surface area contributed by atoms with Gasteiger partial charge in [-0.1, -0.05) is 11.6 Å². The molecule has 0 aliphatic carbocycles. The van der Waals surface area contributed by atoms with Crippen LogP contribution in [0.5, 0.6) is 0 Å². The number of benzene rings is 1. The molecule has 1 aromatic rings. The lowest BCUT2D eigenvalue weighted by Gasteiger charge is -2.23. The molecule has 0 unspecified atom stereocenters. The number of anilines is 1. The van der Waals surface area contributed by atoms with Crippen LogP contribution < -0.4 is 10.2 Å². The van der Waals surface area contributed by atoms with Crippen LogP contribution in [0.2, 0.25) is 5.02 Å². The number of hydrogen-bond acceptors (Lipinski definition) is 4. The minimum atomic E-state index is -1.14. The fraction of sp³-hybridized carbons (Fsp3) is 0.500. The summed E-state index contributed by atoms with van der Waals surface area (Å²) in [4.78, 5) is 25.1. The molecule has 1 rings (SSSR count). The van der Waals surface area contributed by atoms with Crippen molar-refractivity contribution >= 4 is 29.4 Å². The molecule has 0 saturated carbocycles. The number of halogens is 1. The van der Waals surface area contributed by atoms with Gasteiger partial charge in [-0.05, 0) is 44.5 Å². The summed E-state index contributed by atoms with van der Waals surface area (Å²) in [6.45, 7) is 5.14. The van der Waals surface area contributed by atoms with Gasteiger partial charge in [0.1, 0.15) is 11.6 Å². The molecule has 0 aromatic heterocycles. The Hall–Kier alpha value is -1.95. The highest BCUT2D eigenvalue weighted by Gasteiger charge is 2.25. The summed E-state index contributed by atoms with van der Waals surface area (Å²) in [5.41, 5.74) is 0.871. The number of rotatable bonds is 5. The Morgan fingerprint density at radius 2 is 1.96 bits per heavy atom. The van der Waals surface area contributed by atoms with Crippen molar-refractivity contribution in [1.29, 1.82) is 0 Å². The molecule has 0 aliphatic heterocycles. The van der Waals surface area contributed by atoms with Crippen molar-refractivity contribution in [3.05, 3.63) is 28.8 Å². The molecule has 0 bridgehead atoms. The van der Waals surface area contributed by atoms with Crippen molar-refractivity contribution in [2.45, 2.75) is 38.8 Å². The van der Waals surface area contributed by atoms with Crippen molar-refractivity contribution in [3.8, 4) is 0 Å². The van der Waals surface area contributed by atoms with Crippen molar-refractivity contribution in [2.24, 2.45) is 0 Å². The van der Waals surface area contributed by atoms with Crippen LogP contribution >= 0.6 is 11.6 Å². The van der Waals surface area contributed by atoms with Gasteiger partial charge in [0.15, 0.2) is 0 Å². The van der Waals surface area contributed by atoms with Crippen molar-refractivity contribution in [1.82, 2.24) is 5.32 Å². The Morgan fingerprint density at radius 1 is 1.35 bits per heavy atom. The van der Waals surface area contributed by atoms with Gasteiger partial charge < -0.3 is 20.1 Å². The highest BCUT2D eigenvalue weighted by atomic mass is 35.5. The number of aliphatic carboxylic acids is 1. The number of alkyl carbamates (subject to hydrolysis) is 1. The average Bonchev–Trinajstić information content (AvgIpc) is 2.35. The van der Waals surface area contributed by atoms with Gasteiger partial charge in [0.25, 0.3) is 0 Å². The lowest BCUT2D eigenvalue weighted by atomic mass is 10.0. The van der Waals surface area contributed by atoms with E-state index < -0.39 is 23.7 Å². The van der Waals surface area contributed by atoms with Gasteiger partial charge in [-0.3, -0.25) is 0 Å². The number of nitrogens with zero attached hydrogens (tertiary/aromatic N) is 1. The van der Waals surface area contributed by atoms with Crippen LogP contribution in [0, 0.1) is 0 Å². The number of carbonyl (C=O) groups is 2. The molecule has 7 heteroatoms. The zero-order chi connectivity index (χ0) is 17.8. The predicted octanol–water partition coefficient (Wildman–Crippen LogP) is 2.93. The second kappa shape index (κ2) is 7.55.